The minimum Gasteiger partial charge on any atom is -0.349 e. The lowest BCUT2D eigenvalue weighted by atomic mass is 9.84. The molecule has 2 aliphatic heterocycles. The van der Waals surface area contributed by atoms with Crippen molar-refractivity contribution in [3.05, 3.63) is 77.5 Å². The largest absolute Gasteiger partial charge is 0.349 e. The van der Waals surface area contributed by atoms with Crippen LogP contribution < -0.4 is 5.32 Å². The second kappa shape index (κ2) is 8.32. The van der Waals surface area contributed by atoms with Gasteiger partial charge in [-0.2, -0.15) is 0 Å². The van der Waals surface area contributed by atoms with Crippen LogP contribution in [0.1, 0.15) is 78.5 Å². The van der Waals surface area contributed by atoms with E-state index in [1.165, 1.54) is 38.6 Å². The lowest BCUT2D eigenvalue weighted by Gasteiger charge is -2.31. The van der Waals surface area contributed by atoms with Gasteiger partial charge in [0.1, 0.15) is 0 Å². The topological polar surface area (TPSA) is 45.2 Å². The molecule has 4 heteroatoms. The van der Waals surface area contributed by atoms with Gasteiger partial charge in [-0.3, -0.25) is 14.7 Å². The standard InChI is InChI=1S/C28H31N3O/c32-28(21-17-20-5-1-4-8-25(20)29-18-21)30-22-11-9-19(10-12-22)15-16-31-26-13-14-27(31)24-7-3-2-6-23(24)26/h1-8,17-19,22,26-27H,9-16H2,(H,30,32). The third kappa shape index (κ3) is 3.61. The van der Waals surface area contributed by atoms with Gasteiger partial charge < -0.3 is 5.32 Å². The van der Waals surface area contributed by atoms with Crippen molar-refractivity contribution in [3.63, 3.8) is 0 Å². The Morgan fingerprint density at radius 1 is 0.906 bits per heavy atom. The molecular formula is C28H31N3O. The molecule has 1 aliphatic carbocycles. The Kier molecular flexibility index (Phi) is 5.18. The van der Waals surface area contributed by atoms with E-state index in [1.54, 1.807) is 17.3 Å². The molecule has 2 fully saturated rings. The molecule has 3 aromatic rings. The first-order valence-electron chi connectivity index (χ1n) is 12.3. The summed E-state index contributed by atoms with van der Waals surface area (Å²) < 4.78 is 0. The summed E-state index contributed by atoms with van der Waals surface area (Å²) in [6.45, 7) is 1.22. The number of carbonyl (C=O) groups excluding carboxylic acids is 1. The Bertz CT molecular complexity index is 1100. The zero-order valence-corrected chi connectivity index (χ0v) is 18.5. The smallest absolute Gasteiger partial charge is 0.253 e. The molecule has 164 valence electrons. The molecular weight excluding hydrogens is 394 g/mol. The van der Waals surface area contributed by atoms with E-state index in [4.69, 9.17) is 0 Å². The van der Waals surface area contributed by atoms with Crippen LogP contribution in [0.15, 0.2) is 60.8 Å². The monoisotopic (exact) mass is 425 g/mol. The molecule has 3 aliphatic rings. The first-order chi connectivity index (χ1) is 15.8. The van der Waals surface area contributed by atoms with Gasteiger partial charge >= 0.3 is 0 Å². The molecule has 1 aromatic heterocycles. The number of para-hydroxylation sites is 1. The quantitative estimate of drug-likeness (QED) is 0.561. The second-order valence-corrected chi connectivity index (χ2v) is 9.87. The minimum absolute atomic E-state index is 0.0121. The average Bonchev–Trinajstić information content (AvgIpc) is 3.39. The molecule has 1 saturated heterocycles. The third-order valence-electron chi connectivity index (χ3n) is 8.06. The van der Waals surface area contributed by atoms with Crippen molar-refractivity contribution < 1.29 is 4.79 Å². The van der Waals surface area contributed by atoms with Gasteiger partial charge in [0.2, 0.25) is 0 Å². The third-order valence-corrected chi connectivity index (χ3v) is 8.06. The van der Waals surface area contributed by atoms with E-state index in [0.717, 1.165) is 29.7 Å². The van der Waals surface area contributed by atoms with Gasteiger partial charge in [0.05, 0.1) is 11.1 Å². The van der Waals surface area contributed by atoms with Gasteiger partial charge in [-0.05, 0) is 80.7 Å². The number of hydrogen-bond donors (Lipinski definition) is 1. The predicted molar refractivity (Wildman–Crippen MR) is 127 cm³/mol. The van der Waals surface area contributed by atoms with Crippen LogP contribution in [0.25, 0.3) is 10.9 Å². The van der Waals surface area contributed by atoms with Gasteiger partial charge in [0.15, 0.2) is 0 Å². The van der Waals surface area contributed by atoms with E-state index >= 15 is 0 Å². The summed E-state index contributed by atoms with van der Waals surface area (Å²) in [4.78, 5) is 20.0. The minimum atomic E-state index is 0.0121. The number of fused-ring (bicyclic) bond motifs is 6. The molecule has 2 bridgehead atoms. The van der Waals surface area contributed by atoms with Crippen molar-refractivity contribution in [3.8, 4) is 0 Å². The van der Waals surface area contributed by atoms with Crippen LogP contribution in [0.4, 0.5) is 0 Å². The van der Waals surface area contributed by atoms with Crippen molar-refractivity contribution in [2.45, 2.75) is 63.1 Å². The Labute approximate surface area is 190 Å². The van der Waals surface area contributed by atoms with Crippen LogP contribution in [0.5, 0.6) is 0 Å². The number of carbonyl (C=O) groups is 1. The zero-order valence-electron chi connectivity index (χ0n) is 18.5. The van der Waals surface area contributed by atoms with E-state index in [-0.39, 0.29) is 11.9 Å². The SMILES string of the molecule is O=C(NC1CCC(CCN2C3CCC2c2ccccc23)CC1)c1cnc2ccccc2c1. The maximum Gasteiger partial charge on any atom is 0.253 e. The maximum atomic E-state index is 12.8. The first kappa shape index (κ1) is 19.9. The lowest BCUT2D eigenvalue weighted by Crippen LogP contribution is -2.38. The highest BCUT2D eigenvalue weighted by Crippen LogP contribution is 2.53. The maximum absolute atomic E-state index is 12.8. The van der Waals surface area contributed by atoms with Crippen LogP contribution in [0.2, 0.25) is 0 Å². The van der Waals surface area contributed by atoms with Crippen LogP contribution in [0, 0.1) is 5.92 Å². The molecule has 6 rings (SSSR count). The molecule has 0 spiro atoms. The van der Waals surface area contributed by atoms with Crippen LogP contribution >= 0.6 is 0 Å². The van der Waals surface area contributed by atoms with Gasteiger partial charge in [0, 0.05) is 29.7 Å². The number of nitrogens with zero attached hydrogens (tertiary/aromatic N) is 2. The van der Waals surface area contributed by atoms with E-state index in [9.17, 15) is 4.79 Å². The summed E-state index contributed by atoms with van der Waals surface area (Å²) in [5.74, 6) is 0.798. The highest BCUT2D eigenvalue weighted by atomic mass is 16.1. The van der Waals surface area contributed by atoms with Crippen LogP contribution in [0.3, 0.4) is 0 Å². The van der Waals surface area contributed by atoms with Gasteiger partial charge in [-0.15, -0.1) is 0 Å². The Hall–Kier alpha value is -2.72. The van der Waals surface area contributed by atoms with Crippen molar-refractivity contribution in [2.24, 2.45) is 5.92 Å². The molecule has 2 atom stereocenters. The molecule has 1 N–H and O–H groups in total. The van der Waals surface area contributed by atoms with Crippen molar-refractivity contribution in [2.75, 3.05) is 6.54 Å². The fourth-order valence-corrected chi connectivity index (χ4v) is 6.35. The molecule has 0 radical (unpaired) electrons. The molecule has 1 amide bonds. The predicted octanol–water partition coefficient (Wildman–Crippen LogP) is 5.81. The van der Waals surface area contributed by atoms with Crippen LogP contribution in [-0.4, -0.2) is 28.4 Å². The van der Waals surface area contributed by atoms with Crippen molar-refractivity contribution >= 4 is 16.8 Å². The number of rotatable bonds is 5. The number of nitrogens with one attached hydrogen (secondary N) is 1. The fourth-order valence-electron chi connectivity index (χ4n) is 6.35. The summed E-state index contributed by atoms with van der Waals surface area (Å²) in [5, 5.41) is 4.28. The van der Waals surface area contributed by atoms with Gasteiger partial charge in [-0.1, -0.05) is 42.5 Å². The van der Waals surface area contributed by atoms with Gasteiger partial charge in [-0.25, -0.2) is 0 Å². The fraction of sp³-hybridized carbons (Fsp3) is 0.429. The normalized spacial score (nSPS) is 26.9. The Morgan fingerprint density at radius 3 is 2.34 bits per heavy atom. The number of benzene rings is 2. The molecule has 1 saturated carbocycles. The zero-order chi connectivity index (χ0) is 21.5. The van der Waals surface area contributed by atoms with E-state index in [2.05, 4.69) is 39.5 Å². The first-order valence-corrected chi connectivity index (χ1v) is 12.3. The van der Waals surface area contributed by atoms with Gasteiger partial charge in [0.25, 0.3) is 5.91 Å². The van der Waals surface area contributed by atoms with E-state index in [1.807, 2.05) is 30.3 Å². The Morgan fingerprint density at radius 2 is 1.59 bits per heavy atom. The Balaban J connectivity index is 1.00. The van der Waals surface area contributed by atoms with Crippen LogP contribution in [-0.2, 0) is 0 Å². The number of aromatic nitrogens is 1. The lowest BCUT2D eigenvalue weighted by molar-refractivity contribution is 0.0918. The van der Waals surface area contributed by atoms with Crippen molar-refractivity contribution in [1.29, 1.82) is 0 Å². The molecule has 2 unspecified atom stereocenters. The second-order valence-electron chi connectivity index (χ2n) is 9.87. The molecule has 3 heterocycles. The summed E-state index contributed by atoms with van der Waals surface area (Å²) in [7, 11) is 0. The highest BCUT2D eigenvalue weighted by molar-refractivity contribution is 5.97. The summed E-state index contributed by atoms with van der Waals surface area (Å²) in [5.41, 5.74) is 4.76. The highest BCUT2D eigenvalue weighted by Gasteiger charge is 2.43. The summed E-state index contributed by atoms with van der Waals surface area (Å²) in [6.07, 6.45) is 10.2. The van der Waals surface area contributed by atoms with E-state index < -0.39 is 0 Å². The number of amides is 1. The summed E-state index contributed by atoms with van der Waals surface area (Å²) in [6, 6.07) is 20.6. The van der Waals surface area contributed by atoms with E-state index in [0.29, 0.717) is 17.6 Å². The molecule has 2 aromatic carbocycles. The molecule has 32 heavy (non-hydrogen) atoms. The number of pyridine rings is 1. The average molecular weight is 426 g/mol. The number of hydrogen-bond acceptors (Lipinski definition) is 3. The van der Waals surface area contributed by atoms with Crippen molar-refractivity contribution in [1.82, 2.24) is 15.2 Å². The molecule has 4 nitrogen and oxygen atoms in total. The summed E-state index contributed by atoms with van der Waals surface area (Å²) >= 11 is 0.